The van der Waals surface area contributed by atoms with E-state index in [9.17, 15) is 0 Å². The molecule has 2 unspecified atom stereocenters. The maximum absolute atomic E-state index is 2.58. The van der Waals surface area contributed by atoms with E-state index in [4.69, 9.17) is 0 Å². The summed E-state index contributed by atoms with van der Waals surface area (Å²) in [5.74, 6) is 0. The Morgan fingerprint density at radius 3 is 1.57 bits per heavy atom. The van der Waals surface area contributed by atoms with Crippen molar-refractivity contribution < 1.29 is 48.0 Å². The smallest absolute Gasteiger partial charge is 1.00 e. The maximum Gasteiger partial charge on any atom is -1.00 e. The third kappa shape index (κ3) is 3.51. The Morgan fingerprint density at radius 1 is 0.667 bits per heavy atom. The van der Waals surface area contributed by atoms with Crippen LogP contribution in [-0.2, 0) is 23.2 Å². The molecule has 0 spiro atoms. The molecule has 4 aliphatic carbocycles. The molecule has 0 aliphatic heterocycles. The Labute approximate surface area is 152 Å². The molecule has 0 N–H and O–H groups in total. The summed E-state index contributed by atoms with van der Waals surface area (Å²) in [6, 6.07) is 0. The first-order valence-electron chi connectivity index (χ1n) is 7.98. The van der Waals surface area contributed by atoms with Crippen LogP contribution >= 0.6 is 0 Å². The monoisotopic (exact) mass is 398 g/mol. The first kappa shape index (κ1) is 17.8. The van der Waals surface area contributed by atoms with Crippen LogP contribution in [0.5, 0.6) is 0 Å². The van der Waals surface area contributed by atoms with Crippen molar-refractivity contribution in [3.8, 4) is 0 Å². The van der Waals surface area contributed by atoms with Gasteiger partial charge in [0.05, 0.1) is 0 Å². The molecular weight excluding hydrogens is 378 g/mol. The van der Waals surface area contributed by atoms with Crippen molar-refractivity contribution in [1.82, 2.24) is 0 Å². The second kappa shape index (κ2) is 7.80. The molecule has 0 bridgehead atoms. The number of rotatable bonds is 2. The molecule has 0 radical (unpaired) electrons. The molecule has 0 saturated carbocycles. The molecule has 0 nitrogen and oxygen atoms in total. The Morgan fingerprint density at radius 2 is 1.10 bits per heavy atom. The Bertz CT molecular complexity index is 467. The van der Waals surface area contributed by atoms with Gasteiger partial charge in [0, 0.05) is 0 Å². The van der Waals surface area contributed by atoms with Crippen LogP contribution in [-0.4, -0.2) is 0 Å². The third-order valence-electron chi connectivity index (χ3n) is 5.20. The van der Waals surface area contributed by atoms with Crippen LogP contribution in [0.25, 0.3) is 0 Å². The quantitative estimate of drug-likeness (QED) is 0.588. The Kier molecular flexibility index (Phi) is 6.60. The van der Waals surface area contributed by atoms with E-state index in [0.29, 0.717) is 0 Å². The average molecular weight is 401 g/mol. The van der Waals surface area contributed by atoms with E-state index in [1.54, 1.807) is 11.1 Å². The minimum atomic E-state index is -0.372. The largest absolute Gasteiger partial charge is 1.00 e. The molecule has 0 heterocycles. The van der Waals surface area contributed by atoms with Crippen LogP contribution in [0.3, 0.4) is 0 Å². The average Bonchev–Trinajstić information content (AvgIpc) is 3.05. The zero-order valence-corrected chi connectivity index (χ0v) is 16.3. The van der Waals surface area contributed by atoms with Gasteiger partial charge >= 0.3 is 128 Å². The second-order valence-electron chi connectivity index (χ2n) is 6.36. The molecular formula is C18H22Cl2Zr. The molecule has 0 amide bonds. The van der Waals surface area contributed by atoms with Gasteiger partial charge < -0.3 is 24.8 Å². The van der Waals surface area contributed by atoms with Gasteiger partial charge in [-0.1, -0.05) is 0 Å². The summed E-state index contributed by atoms with van der Waals surface area (Å²) in [6.07, 6.45) is 21.5. The summed E-state index contributed by atoms with van der Waals surface area (Å²) in [4.78, 5) is 0. The van der Waals surface area contributed by atoms with E-state index in [2.05, 4.69) is 24.3 Å². The van der Waals surface area contributed by atoms with Crippen molar-refractivity contribution >= 4 is 0 Å². The van der Waals surface area contributed by atoms with E-state index in [1.807, 2.05) is 11.1 Å². The molecule has 0 fully saturated rings. The fourth-order valence-electron chi connectivity index (χ4n) is 4.16. The predicted molar refractivity (Wildman–Crippen MR) is 76.8 cm³/mol. The zero-order chi connectivity index (χ0) is 12.7. The minimum Gasteiger partial charge on any atom is -1.00 e. The zero-order valence-electron chi connectivity index (χ0n) is 12.4. The first-order chi connectivity index (χ1) is 9.42. The van der Waals surface area contributed by atoms with Gasteiger partial charge in [-0.15, -0.1) is 0 Å². The van der Waals surface area contributed by atoms with E-state index in [0.717, 1.165) is 7.25 Å². The van der Waals surface area contributed by atoms with Gasteiger partial charge in [-0.2, -0.15) is 0 Å². The van der Waals surface area contributed by atoms with Crippen molar-refractivity contribution in [1.29, 1.82) is 0 Å². The van der Waals surface area contributed by atoms with Crippen LogP contribution in [0.1, 0.15) is 51.4 Å². The van der Waals surface area contributed by atoms with Crippen molar-refractivity contribution in [2.75, 3.05) is 0 Å². The third-order valence-corrected chi connectivity index (χ3v) is 9.62. The summed E-state index contributed by atoms with van der Waals surface area (Å²) in [5, 5.41) is 0. The Hall–Kier alpha value is 0.423. The number of halogens is 2. The van der Waals surface area contributed by atoms with E-state index in [-0.39, 0.29) is 48.0 Å². The molecule has 0 aromatic heterocycles. The summed E-state index contributed by atoms with van der Waals surface area (Å²) in [7, 11) is 0. The van der Waals surface area contributed by atoms with E-state index >= 15 is 0 Å². The van der Waals surface area contributed by atoms with Gasteiger partial charge in [0.15, 0.2) is 0 Å². The van der Waals surface area contributed by atoms with Gasteiger partial charge in [-0.25, -0.2) is 0 Å². The SMILES string of the molecule is C1=C[CH]([Zr+2][CH]2C=CC3=C2CCCC3)C2=C1CCCC2.[Cl-].[Cl-]. The Balaban J connectivity index is 0.000000807. The molecule has 0 saturated heterocycles. The molecule has 21 heavy (non-hydrogen) atoms. The normalized spacial score (nSPS) is 29.5. The van der Waals surface area contributed by atoms with Crippen LogP contribution in [0.2, 0.25) is 7.25 Å². The molecule has 4 aliphatic rings. The number of hydrogen-bond donors (Lipinski definition) is 0. The molecule has 112 valence electrons. The standard InChI is InChI=1S/2C9H11.2ClH.Zr/c2*1-2-5-9-7-3-6-8(9)4-1;;;/h2*3,6-7H,1-2,4-5H2;2*1H;/q;;;;+2/p-2. The molecule has 2 atom stereocenters. The number of hydrogen-bond acceptors (Lipinski definition) is 0. The minimum absolute atomic E-state index is 0. The fourth-order valence-corrected chi connectivity index (χ4v) is 8.74. The van der Waals surface area contributed by atoms with Crippen LogP contribution < -0.4 is 24.8 Å². The predicted octanol–water partition coefficient (Wildman–Crippen LogP) is -0.465. The summed E-state index contributed by atoms with van der Waals surface area (Å²) >= 11 is -0.372. The molecule has 0 aromatic carbocycles. The topological polar surface area (TPSA) is 0 Å². The van der Waals surface area contributed by atoms with Gasteiger partial charge in [0.25, 0.3) is 0 Å². The summed E-state index contributed by atoms with van der Waals surface area (Å²) in [5.41, 5.74) is 7.21. The van der Waals surface area contributed by atoms with E-state index in [1.165, 1.54) is 51.4 Å². The maximum atomic E-state index is 2.58. The van der Waals surface area contributed by atoms with Gasteiger partial charge in [0.1, 0.15) is 0 Å². The first-order valence-corrected chi connectivity index (χ1v) is 10.8. The molecule has 0 aromatic rings. The van der Waals surface area contributed by atoms with Gasteiger partial charge in [0.2, 0.25) is 0 Å². The van der Waals surface area contributed by atoms with Crippen molar-refractivity contribution in [3.63, 3.8) is 0 Å². The van der Waals surface area contributed by atoms with Gasteiger partial charge in [-0.05, 0) is 0 Å². The van der Waals surface area contributed by atoms with Crippen LogP contribution in [0, 0.1) is 0 Å². The van der Waals surface area contributed by atoms with Crippen LogP contribution in [0.4, 0.5) is 0 Å². The number of allylic oxidation sites excluding steroid dienone is 8. The second-order valence-corrected chi connectivity index (χ2v) is 10.2. The summed E-state index contributed by atoms with van der Waals surface area (Å²) < 4.78 is 1.87. The van der Waals surface area contributed by atoms with Crippen molar-refractivity contribution in [3.05, 3.63) is 46.6 Å². The van der Waals surface area contributed by atoms with Crippen LogP contribution in [0.15, 0.2) is 46.6 Å². The van der Waals surface area contributed by atoms with Gasteiger partial charge in [-0.3, -0.25) is 0 Å². The van der Waals surface area contributed by atoms with E-state index < -0.39 is 0 Å². The van der Waals surface area contributed by atoms with Crippen molar-refractivity contribution in [2.45, 2.75) is 58.6 Å². The summed E-state index contributed by atoms with van der Waals surface area (Å²) in [6.45, 7) is 0. The molecule has 3 heteroatoms. The van der Waals surface area contributed by atoms with Crippen molar-refractivity contribution in [2.24, 2.45) is 0 Å². The fraction of sp³-hybridized carbons (Fsp3) is 0.556. The molecule has 4 rings (SSSR count).